The van der Waals surface area contributed by atoms with Gasteiger partial charge in [0.2, 0.25) is 0 Å². The van der Waals surface area contributed by atoms with E-state index in [9.17, 15) is 9.59 Å². The first-order valence-electron chi connectivity index (χ1n) is 10.3. The van der Waals surface area contributed by atoms with Crippen molar-refractivity contribution in [3.05, 3.63) is 53.5 Å². The number of benzene rings is 1. The molecule has 2 N–H and O–H groups in total. The van der Waals surface area contributed by atoms with Gasteiger partial charge in [-0.2, -0.15) is 0 Å². The Morgan fingerprint density at radius 3 is 2.60 bits per heavy atom. The summed E-state index contributed by atoms with van der Waals surface area (Å²) in [5.74, 6) is 0.591. The lowest BCUT2D eigenvalue weighted by Gasteiger charge is -2.27. The number of anilines is 1. The van der Waals surface area contributed by atoms with Crippen molar-refractivity contribution in [2.75, 3.05) is 18.5 Å². The lowest BCUT2D eigenvalue weighted by atomic mass is 9.81. The number of hydrogen-bond donors (Lipinski definition) is 2. The largest absolute Gasteiger partial charge is 0.464 e. The molecule has 30 heavy (non-hydrogen) atoms. The molecule has 1 aromatic carbocycles. The Morgan fingerprint density at radius 1 is 1.17 bits per heavy atom. The van der Waals surface area contributed by atoms with Gasteiger partial charge in [0.25, 0.3) is 0 Å². The Bertz CT molecular complexity index is 855. The number of ether oxygens (including phenoxy) is 2. The van der Waals surface area contributed by atoms with Crippen LogP contribution in [-0.2, 0) is 20.9 Å². The van der Waals surface area contributed by atoms with Crippen molar-refractivity contribution in [2.24, 2.45) is 0 Å². The first kappa shape index (κ1) is 21.5. The third kappa shape index (κ3) is 5.68. The van der Waals surface area contributed by atoms with E-state index in [0.29, 0.717) is 11.7 Å². The Hall–Kier alpha value is -3.16. The van der Waals surface area contributed by atoms with Gasteiger partial charge in [0.15, 0.2) is 0 Å². The molecule has 1 atom stereocenters. The number of carbonyl (C=O) groups excluding carboxylic acids is 2. The lowest BCUT2D eigenvalue weighted by Crippen LogP contribution is -2.46. The summed E-state index contributed by atoms with van der Waals surface area (Å²) < 4.78 is 10.3. The van der Waals surface area contributed by atoms with Gasteiger partial charge in [-0.3, -0.25) is 0 Å². The number of rotatable bonds is 9. The van der Waals surface area contributed by atoms with Crippen molar-refractivity contribution in [3.8, 4) is 0 Å². The maximum Gasteiger partial charge on any atom is 0.408 e. The Morgan fingerprint density at radius 2 is 1.93 bits per heavy atom. The number of aromatic nitrogens is 2. The zero-order valence-electron chi connectivity index (χ0n) is 17.4. The molecule has 0 bridgehead atoms. The number of esters is 1. The van der Waals surface area contributed by atoms with Crippen molar-refractivity contribution in [1.82, 2.24) is 15.3 Å². The van der Waals surface area contributed by atoms with Crippen LogP contribution in [0.4, 0.5) is 10.6 Å². The highest BCUT2D eigenvalue weighted by molar-refractivity contribution is 5.82. The van der Waals surface area contributed by atoms with E-state index in [1.165, 1.54) is 12.7 Å². The van der Waals surface area contributed by atoms with E-state index in [-0.39, 0.29) is 19.8 Å². The minimum Gasteiger partial charge on any atom is -0.464 e. The lowest BCUT2D eigenvalue weighted by molar-refractivity contribution is -0.145. The summed E-state index contributed by atoms with van der Waals surface area (Å²) in [6.45, 7) is 4.15. The maximum atomic E-state index is 12.3. The molecule has 0 spiro atoms. The van der Waals surface area contributed by atoms with Gasteiger partial charge in [-0.1, -0.05) is 36.8 Å². The van der Waals surface area contributed by atoms with E-state index < -0.39 is 18.1 Å². The first-order chi connectivity index (χ1) is 14.6. The molecule has 0 saturated heterocycles. The van der Waals surface area contributed by atoms with Crippen molar-refractivity contribution in [1.29, 1.82) is 0 Å². The molecular formula is C22H28N4O4. The van der Waals surface area contributed by atoms with Crippen molar-refractivity contribution in [2.45, 2.75) is 51.7 Å². The fourth-order valence-corrected chi connectivity index (χ4v) is 3.28. The Balaban J connectivity index is 1.60. The molecule has 3 rings (SSSR count). The van der Waals surface area contributed by atoms with Crippen LogP contribution in [0, 0.1) is 6.92 Å². The second-order valence-corrected chi connectivity index (χ2v) is 7.25. The molecule has 8 nitrogen and oxygen atoms in total. The van der Waals surface area contributed by atoms with E-state index in [1.54, 1.807) is 6.92 Å². The molecule has 1 fully saturated rings. The van der Waals surface area contributed by atoms with E-state index in [4.69, 9.17) is 9.47 Å². The van der Waals surface area contributed by atoms with E-state index >= 15 is 0 Å². The van der Waals surface area contributed by atoms with Crippen molar-refractivity contribution >= 4 is 17.9 Å². The summed E-state index contributed by atoms with van der Waals surface area (Å²) in [5.41, 5.74) is 2.87. The molecule has 1 saturated carbocycles. The van der Waals surface area contributed by atoms with Crippen LogP contribution in [0.3, 0.4) is 0 Å². The highest BCUT2D eigenvalue weighted by atomic mass is 16.6. The predicted molar refractivity (Wildman–Crippen MR) is 112 cm³/mol. The van der Waals surface area contributed by atoms with Crippen molar-refractivity contribution in [3.63, 3.8) is 0 Å². The molecule has 0 aliphatic heterocycles. The Kier molecular flexibility index (Phi) is 7.59. The summed E-state index contributed by atoms with van der Waals surface area (Å²) in [5, 5.41) is 5.73. The summed E-state index contributed by atoms with van der Waals surface area (Å²) in [7, 11) is 0. The van der Waals surface area contributed by atoms with Crippen LogP contribution < -0.4 is 10.6 Å². The summed E-state index contributed by atoms with van der Waals surface area (Å²) in [6.07, 6.45) is 4.34. The van der Waals surface area contributed by atoms with Crippen LogP contribution in [0.2, 0.25) is 0 Å². The topological polar surface area (TPSA) is 102 Å². The average molecular weight is 412 g/mol. The quantitative estimate of drug-likeness (QED) is 0.609. The van der Waals surface area contributed by atoms with Crippen LogP contribution in [-0.4, -0.2) is 41.2 Å². The number of hydrogen-bond acceptors (Lipinski definition) is 7. The molecular weight excluding hydrogens is 384 g/mol. The standard InChI is InChI=1S/C22H28N4O4/c1-3-29-21(27)18(26-22(28)30-13-16-8-5-4-6-9-16)12-23-20-15(2)19(24-14-25-20)17-10-7-11-17/h4-6,8-9,14,17-18H,3,7,10-13H2,1-2H3,(H,26,28)(H,23,24,25). The second kappa shape index (κ2) is 10.6. The molecule has 160 valence electrons. The fourth-order valence-electron chi connectivity index (χ4n) is 3.28. The van der Waals surface area contributed by atoms with Crippen LogP contribution in [0.15, 0.2) is 36.7 Å². The summed E-state index contributed by atoms with van der Waals surface area (Å²) >= 11 is 0. The highest BCUT2D eigenvalue weighted by Crippen LogP contribution is 2.37. The third-order valence-corrected chi connectivity index (χ3v) is 5.16. The minimum absolute atomic E-state index is 0.116. The molecule has 1 aliphatic carbocycles. The molecule has 1 heterocycles. The molecule has 2 aromatic rings. The monoisotopic (exact) mass is 412 g/mol. The molecule has 1 amide bonds. The third-order valence-electron chi connectivity index (χ3n) is 5.16. The smallest absolute Gasteiger partial charge is 0.408 e. The maximum absolute atomic E-state index is 12.3. The van der Waals surface area contributed by atoms with Crippen LogP contribution in [0.25, 0.3) is 0 Å². The highest BCUT2D eigenvalue weighted by Gasteiger charge is 2.26. The Labute approximate surface area is 176 Å². The van der Waals surface area contributed by atoms with Gasteiger partial charge in [-0.15, -0.1) is 0 Å². The van der Waals surface area contributed by atoms with Gasteiger partial charge < -0.3 is 20.1 Å². The van der Waals surface area contributed by atoms with Gasteiger partial charge in [0, 0.05) is 18.0 Å². The van der Waals surface area contributed by atoms with E-state index in [1.807, 2.05) is 37.3 Å². The summed E-state index contributed by atoms with van der Waals surface area (Å²) in [4.78, 5) is 33.2. The fraction of sp³-hybridized carbons (Fsp3) is 0.455. The molecule has 1 unspecified atom stereocenters. The van der Waals surface area contributed by atoms with Gasteiger partial charge in [-0.05, 0) is 32.3 Å². The average Bonchev–Trinajstić information content (AvgIpc) is 2.71. The SMILES string of the molecule is CCOC(=O)C(CNc1ncnc(C2CCC2)c1C)NC(=O)OCc1ccccc1. The minimum atomic E-state index is -0.908. The van der Waals surface area contributed by atoms with Crippen LogP contribution >= 0.6 is 0 Å². The van der Waals surface area contributed by atoms with Crippen molar-refractivity contribution < 1.29 is 19.1 Å². The van der Waals surface area contributed by atoms with Gasteiger partial charge in [-0.25, -0.2) is 19.6 Å². The number of carbonyl (C=O) groups is 2. The number of nitrogens with one attached hydrogen (secondary N) is 2. The van der Waals surface area contributed by atoms with E-state index in [0.717, 1.165) is 29.7 Å². The van der Waals surface area contributed by atoms with Gasteiger partial charge in [0.1, 0.15) is 24.8 Å². The van der Waals surface area contributed by atoms with Crippen LogP contribution in [0.5, 0.6) is 0 Å². The van der Waals surface area contributed by atoms with Gasteiger partial charge >= 0.3 is 12.1 Å². The van der Waals surface area contributed by atoms with E-state index in [2.05, 4.69) is 20.6 Å². The number of alkyl carbamates (subject to hydrolysis) is 1. The molecule has 0 radical (unpaired) electrons. The first-order valence-corrected chi connectivity index (χ1v) is 10.3. The molecule has 8 heteroatoms. The number of nitrogens with zero attached hydrogens (tertiary/aromatic N) is 2. The zero-order valence-corrected chi connectivity index (χ0v) is 17.4. The van der Waals surface area contributed by atoms with Crippen LogP contribution in [0.1, 0.15) is 48.9 Å². The second-order valence-electron chi connectivity index (χ2n) is 7.25. The number of amides is 1. The normalized spacial score (nSPS) is 14.3. The predicted octanol–water partition coefficient (Wildman–Crippen LogP) is 3.32. The summed E-state index contributed by atoms with van der Waals surface area (Å²) in [6, 6.07) is 8.42. The molecule has 1 aliphatic rings. The zero-order chi connectivity index (χ0) is 21.3. The van der Waals surface area contributed by atoms with Gasteiger partial charge in [0.05, 0.1) is 12.3 Å². The molecule has 1 aromatic heterocycles.